The van der Waals surface area contributed by atoms with Crippen molar-refractivity contribution in [2.24, 2.45) is 0 Å². The Hall–Kier alpha value is -0.420. The molecule has 17 heavy (non-hydrogen) atoms. The minimum atomic E-state index is 0.478. The van der Waals surface area contributed by atoms with Crippen LogP contribution < -0.4 is 16.0 Å². The molecule has 2 aliphatic rings. The Kier molecular flexibility index (Phi) is 4.98. The number of nitrogens with one attached hydrogen (secondary N) is 3. The summed E-state index contributed by atoms with van der Waals surface area (Å²) >= 11 is 0. The minimum Gasteiger partial charge on any atom is -0.314 e. The summed E-state index contributed by atoms with van der Waals surface area (Å²) in [6.07, 6.45) is 3.90. The molecule has 98 valence electrons. The Morgan fingerprint density at radius 3 is 2.47 bits per heavy atom. The van der Waals surface area contributed by atoms with Gasteiger partial charge in [-0.1, -0.05) is 11.6 Å². The van der Waals surface area contributed by atoms with Gasteiger partial charge in [0.1, 0.15) is 0 Å². The van der Waals surface area contributed by atoms with Crippen LogP contribution in [0.15, 0.2) is 11.6 Å². The van der Waals surface area contributed by atoms with E-state index < -0.39 is 0 Å². The number of hydrogen-bond donors (Lipinski definition) is 3. The maximum absolute atomic E-state index is 3.50. The highest BCUT2D eigenvalue weighted by Gasteiger charge is 2.22. The maximum Gasteiger partial charge on any atom is 0.0611 e. The summed E-state index contributed by atoms with van der Waals surface area (Å²) < 4.78 is 0. The maximum atomic E-state index is 3.50. The quantitative estimate of drug-likeness (QED) is 0.609. The monoisotopic (exact) mass is 238 g/mol. The third-order valence-corrected chi connectivity index (χ3v) is 3.95. The van der Waals surface area contributed by atoms with Crippen molar-refractivity contribution in [1.82, 2.24) is 20.9 Å². The van der Waals surface area contributed by atoms with Crippen molar-refractivity contribution >= 4 is 0 Å². The van der Waals surface area contributed by atoms with Crippen molar-refractivity contribution in [3.05, 3.63) is 11.6 Å². The molecule has 0 bridgehead atoms. The lowest BCUT2D eigenvalue weighted by atomic mass is 10.0. The molecule has 1 atom stereocenters. The number of hydrogen-bond acceptors (Lipinski definition) is 4. The van der Waals surface area contributed by atoms with Gasteiger partial charge in [-0.2, -0.15) is 0 Å². The summed E-state index contributed by atoms with van der Waals surface area (Å²) in [5, 5.41) is 10.4. The number of nitrogens with zero attached hydrogens (tertiary/aromatic N) is 1. The normalized spacial score (nSPS) is 26.4. The van der Waals surface area contributed by atoms with Gasteiger partial charge in [-0.25, -0.2) is 0 Å². The molecule has 0 aliphatic carbocycles. The van der Waals surface area contributed by atoms with Crippen LogP contribution in [0, 0.1) is 0 Å². The predicted octanol–water partition coefficient (Wildman–Crippen LogP) is 0.135. The van der Waals surface area contributed by atoms with Gasteiger partial charge in [0.25, 0.3) is 0 Å². The van der Waals surface area contributed by atoms with E-state index in [1.54, 1.807) is 5.57 Å². The topological polar surface area (TPSA) is 39.3 Å². The van der Waals surface area contributed by atoms with Crippen molar-refractivity contribution in [2.45, 2.75) is 32.5 Å². The van der Waals surface area contributed by atoms with Gasteiger partial charge in [0.2, 0.25) is 0 Å². The molecular weight excluding hydrogens is 212 g/mol. The second-order valence-corrected chi connectivity index (χ2v) is 4.99. The van der Waals surface area contributed by atoms with Crippen LogP contribution in [0.25, 0.3) is 0 Å². The van der Waals surface area contributed by atoms with E-state index in [0.29, 0.717) is 12.2 Å². The molecule has 2 aliphatic heterocycles. The first-order chi connectivity index (χ1) is 8.31. The number of allylic oxidation sites excluding steroid dienone is 1. The largest absolute Gasteiger partial charge is 0.314 e. The van der Waals surface area contributed by atoms with Gasteiger partial charge in [0.15, 0.2) is 0 Å². The summed E-state index contributed by atoms with van der Waals surface area (Å²) in [5.41, 5.74) is 1.55. The summed E-state index contributed by atoms with van der Waals surface area (Å²) in [4.78, 5) is 2.58. The van der Waals surface area contributed by atoms with E-state index in [4.69, 9.17) is 0 Å². The zero-order chi connectivity index (χ0) is 12.1. The molecule has 4 heteroatoms. The molecule has 0 radical (unpaired) electrons. The molecule has 0 spiro atoms. The summed E-state index contributed by atoms with van der Waals surface area (Å²) in [6, 6.07) is 0.575. The Morgan fingerprint density at radius 2 is 1.88 bits per heavy atom. The second kappa shape index (κ2) is 6.50. The lowest BCUT2D eigenvalue weighted by molar-refractivity contribution is 0.201. The van der Waals surface area contributed by atoms with Gasteiger partial charge in [-0.3, -0.25) is 4.90 Å². The Morgan fingerprint density at radius 1 is 1.24 bits per heavy atom. The van der Waals surface area contributed by atoms with Crippen LogP contribution >= 0.6 is 0 Å². The van der Waals surface area contributed by atoms with Crippen LogP contribution in [-0.2, 0) is 0 Å². The van der Waals surface area contributed by atoms with Crippen molar-refractivity contribution < 1.29 is 0 Å². The Bertz CT molecular complexity index is 252. The molecule has 0 aromatic carbocycles. The average molecular weight is 238 g/mol. The third-order valence-electron chi connectivity index (χ3n) is 3.95. The third kappa shape index (κ3) is 3.52. The molecule has 3 N–H and O–H groups in total. The fourth-order valence-electron chi connectivity index (χ4n) is 2.78. The van der Waals surface area contributed by atoms with Crippen molar-refractivity contribution in [3.63, 3.8) is 0 Å². The van der Waals surface area contributed by atoms with E-state index in [1.165, 1.54) is 13.1 Å². The van der Waals surface area contributed by atoms with Gasteiger partial charge in [0.05, 0.1) is 6.17 Å². The van der Waals surface area contributed by atoms with Gasteiger partial charge < -0.3 is 16.0 Å². The smallest absolute Gasteiger partial charge is 0.0611 e. The molecule has 0 aromatic rings. The standard InChI is InChI=1S/C13H26N4/c1-3-12(10-13-15-4-5-16-13)11(2)17-8-6-14-7-9-17/h3,11,13-16H,4-10H2,1-2H3/b12-3-. The van der Waals surface area contributed by atoms with Crippen LogP contribution in [0.4, 0.5) is 0 Å². The lowest BCUT2D eigenvalue weighted by Crippen LogP contribution is -2.48. The van der Waals surface area contributed by atoms with Gasteiger partial charge in [-0.05, 0) is 20.3 Å². The zero-order valence-corrected chi connectivity index (χ0v) is 11.1. The predicted molar refractivity (Wildman–Crippen MR) is 72.1 cm³/mol. The van der Waals surface area contributed by atoms with E-state index in [0.717, 1.165) is 32.6 Å². The highest BCUT2D eigenvalue weighted by molar-refractivity contribution is 5.11. The molecule has 2 heterocycles. The highest BCUT2D eigenvalue weighted by atomic mass is 15.2. The molecule has 2 fully saturated rings. The Balaban J connectivity index is 1.87. The van der Waals surface area contributed by atoms with Crippen LogP contribution in [-0.4, -0.2) is 56.4 Å². The Labute approximate surface area is 105 Å². The fraction of sp³-hybridized carbons (Fsp3) is 0.846. The van der Waals surface area contributed by atoms with Crippen LogP contribution in [0.1, 0.15) is 20.3 Å². The lowest BCUT2D eigenvalue weighted by Gasteiger charge is -2.35. The molecule has 1 unspecified atom stereocenters. The summed E-state index contributed by atoms with van der Waals surface area (Å²) in [7, 11) is 0. The van der Waals surface area contributed by atoms with Crippen LogP contribution in [0.3, 0.4) is 0 Å². The van der Waals surface area contributed by atoms with E-state index >= 15 is 0 Å². The van der Waals surface area contributed by atoms with Gasteiger partial charge in [-0.15, -0.1) is 0 Å². The van der Waals surface area contributed by atoms with Crippen LogP contribution in [0.2, 0.25) is 0 Å². The van der Waals surface area contributed by atoms with Gasteiger partial charge in [0, 0.05) is 45.3 Å². The van der Waals surface area contributed by atoms with Gasteiger partial charge >= 0.3 is 0 Å². The summed E-state index contributed by atoms with van der Waals surface area (Å²) in [5.74, 6) is 0. The molecule has 0 saturated carbocycles. The van der Waals surface area contributed by atoms with E-state index in [-0.39, 0.29) is 0 Å². The second-order valence-electron chi connectivity index (χ2n) is 4.99. The van der Waals surface area contributed by atoms with E-state index in [1.807, 2.05) is 0 Å². The molecule has 0 aromatic heterocycles. The molecule has 4 nitrogen and oxygen atoms in total. The molecule has 2 saturated heterocycles. The van der Waals surface area contributed by atoms with E-state index in [9.17, 15) is 0 Å². The zero-order valence-electron chi connectivity index (χ0n) is 11.1. The van der Waals surface area contributed by atoms with Crippen molar-refractivity contribution in [1.29, 1.82) is 0 Å². The summed E-state index contributed by atoms with van der Waals surface area (Å²) in [6.45, 7) is 11.3. The first-order valence-electron chi connectivity index (χ1n) is 6.88. The molecule has 0 amide bonds. The number of rotatable bonds is 4. The molecular formula is C13H26N4. The highest BCUT2D eigenvalue weighted by Crippen LogP contribution is 2.16. The number of piperazine rings is 1. The average Bonchev–Trinajstić information content (AvgIpc) is 2.89. The van der Waals surface area contributed by atoms with Crippen molar-refractivity contribution in [3.8, 4) is 0 Å². The first-order valence-corrected chi connectivity index (χ1v) is 6.88. The van der Waals surface area contributed by atoms with Crippen molar-refractivity contribution in [2.75, 3.05) is 39.3 Å². The van der Waals surface area contributed by atoms with E-state index in [2.05, 4.69) is 40.8 Å². The SMILES string of the molecule is C/C=C(/CC1NCCN1)C(C)N1CCNCC1. The first kappa shape index (κ1) is 13.0. The minimum absolute atomic E-state index is 0.478. The molecule has 2 rings (SSSR count). The van der Waals surface area contributed by atoms with Crippen LogP contribution in [0.5, 0.6) is 0 Å². The fourth-order valence-corrected chi connectivity index (χ4v) is 2.78.